The SMILES string of the molecule is CC(=O)C1CCCCC1C(=O)O. The summed E-state index contributed by atoms with van der Waals surface area (Å²) >= 11 is 0. The number of carboxylic acids is 1. The fourth-order valence-electron chi connectivity index (χ4n) is 1.91. The molecular formula is C9H14O3. The topological polar surface area (TPSA) is 54.4 Å². The molecule has 0 aromatic rings. The number of carbonyl (C=O) groups is 2. The second kappa shape index (κ2) is 3.70. The molecule has 12 heavy (non-hydrogen) atoms. The minimum absolute atomic E-state index is 0.0297. The number of carbonyl (C=O) groups excluding carboxylic acids is 1. The maximum atomic E-state index is 11.1. The number of carboxylic acid groups (broad SMARTS) is 1. The van der Waals surface area contributed by atoms with E-state index in [2.05, 4.69) is 0 Å². The van der Waals surface area contributed by atoms with Crippen LogP contribution in [0.2, 0.25) is 0 Å². The van der Waals surface area contributed by atoms with Gasteiger partial charge in [-0.05, 0) is 19.8 Å². The van der Waals surface area contributed by atoms with Crippen LogP contribution in [0.4, 0.5) is 0 Å². The number of hydrogen-bond donors (Lipinski definition) is 1. The largest absolute Gasteiger partial charge is 0.481 e. The van der Waals surface area contributed by atoms with Gasteiger partial charge < -0.3 is 5.11 Å². The molecule has 0 spiro atoms. The number of aliphatic carboxylic acids is 1. The molecule has 0 aromatic heterocycles. The van der Waals surface area contributed by atoms with E-state index in [4.69, 9.17) is 5.11 Å². The fraction of sp³-hybridized carbons (Fsp3) is 0.778. The molecule has 0 saturated heterocycles. The van der Waals surface area contributed by atoms with Gasteiger partial charge >= 0.3 is 5.97 Å². The highest BCUT2D eigenvalue weighted by atomic mass is 16.4. The summed E-state index contributed by atoms with van der Waals surface area (Å²) in [5.41, 5.74) is 0. The van der Waals surface area contributed by atoms with Crippen LogP contribution in [0.1, 0.15) is 32.6 Å². The fourth-order valence-corrected chi connectivity index (χ4v) is 1.91. The summed E-state index contributed by atoms with van der Waals surface area (Å²) in [6.45, 7) is 1.49. The van der Waals surface area contributed by atoms with E-state index in [1.807, 2.05) is 0 Å². The van der Waals surface area contributed by atoms with Gasteiger partial charge in [-0.15, -0.1) is 0 Å². The van der Waals surface area contributed by atoms with Gasteiger partial charge in [0.05, 0.1) is 5.92 Å². The molecule has 0 amide bonds. The van der Waals surface area contributed by atoms with Crippen molar-refractivity contribution in [3.63, 3.8) is 0 Å². The summed E-state index contributed by atoms with van der Waals surface area (Å²) < 4.78 is 0. The van der Waals surface area contributed by atoms with Gasteiger partial charge in [-0.3, -0.25) is 9.59 Å². The molecule has 0 heterocycles. The maximum absolute atomic E-state index is 11.1. The van der Waals surface area contributed by atoms with Crippen LogP contribution in [0.15, 0.2) is 0 Å². The average molecular weight is 170 g/mol. The number of rotatable bonds is 2. The molecule has 68 valence electrons. The van der Waals surface area contributed by atoms with Crippen LogP contribution in [0, 0.1) is 11.8 Å². The summed E-state index contributed by atoms with van der Waals surface area (Å²) in [6.07, 6.45) is 3.36. The van der Waals surface area contributed by atoms with Crippen molar-refractivity contribution in [2.75, 3.05) is 0 Å². The van der Waals surface area contributed by atoms with Crippen molar-refractivity contribution in [2.45, 2.75) is 32.6 Å². The quantitative estimate of drug-likeness (QED) is 0.682. The van der Waals surface area contributed by atoms with Gasteiger partial charge in [-0.25, -0.2) is 0 Å². The molecule has 0 radical (unpaired) electrons. The molecule has 1 aliphatic rings. The molecule has 1 aliphatic carbocycles. The van der Waals surface area contributed by atoms with E-state index in [1.54, 1.807) is 0 Å². The Morgan fingerprint density at radius 2 is 1.67 bits per heavy atom. The van der Waals surface area contributed by atoms with Crippen LogP contribution < -0.4 is 0 Å². The molecule has 3 heteroatoms. The molecule has 3 nitrogen and oxygen atoms in total. The molecule has 1 saturated carbocycles. The molecule has 0 bridgehead atoms. The van der Waals surface area contributed by atoms with Crippen molar-refractivity contribution in [3.05, 3.63) is 0 Å². The van der Waals surface area contributed by atoms with E-state index in [0.717, 1.165) is 19.3 Å². The molecule has 1 fully saturated rings. The van der Waals surface area contributed by atoms with Crippen molar-refractivity contribution in [2.24, 2.45) is 11.8 Å². The summed E-state index contributed by atoms with van der Waals surface area (Å²) in [4.78, 5) is 21.8. The Bertz CT molecular complexity index is 176. The predicted molar refractivity (Wildman–Crippen MR) is 43.8 cm³/mol. The third-order valence-electron chi connectivity index (χ3n) is 2.61. The first kappa shape index (κ1) is 9.23. The number of hydrogen-bond acceptors (Lipinski definition) is 2. The Morgan fingerprint density at radius 1 is 1.17 bits per heavy atom. The van der Waals surface area contributed by atoms with Gasteiger partial charge in [0.15, 0.2) is 0 Å². The lowest BCUT2D eigenvalue weighted by atomic mass is 9.77. The molecule has 0 aliphatic heterocycles. The minimum atomic E-state index is -0.810. The number of Topliss-reactive ketones (excluding diaryl/α,β-unsaturated/α-hetero) is 1. The van der Waals surface area contributed by atoms with E-state index in [9.17, 15) is 9.59 Å². The monoisotopic (exact) mass is 170 g/mol. The highest BCUT2D eigenvalue weighted by Crippen LogP contribution is 2.30. The zero-order valence-electron chi connectivity index (χ0n) is 7.25. The van der Waals surface area contributed by atoms with Gasteiger partial charge in [-0.2, -0.15) is 0 Å². The van der Waals surface area contributed by atoms with Gasteiger partial charge in [-0.1, -0.05) is 12.8 Å². The molecule has 0 aromatic carbocycles. The standard InChI is InChI=1S/C9H14O3/c1-6(10)7-4-2-3-5-8(7)9(11)12/h7-8H,2-5H2,1H3,(H,11,12). The third kappa shape index (κ3) is 1.84. The van der Waals surface area contributed by atoms with Crippen LogP contribution >= 0.6 is 0 Å². The lowest BCUT2D eigenvalue weighted by molar-refractivity contribution is -0.148. The third-order valence-corrected chi connectivity index (χ3v) is 2.61. The van der Waals surface area contributed by atoms with E-state index in [1.165, 1.54) is 6.92 Å². The predicted octanol–water partition coefficient (Wildman–Crippen LogP) is 1.47. The summed E-state index contributed by atoms with van der Waals surface area (Å²) in [5.74, 6) is -1.43. The Morgan fingerprint density at radius 3 is 2.00 bits per heavy atom. The lowest BCUT2D eigenvalue weighted by Gasteiger charge is -2.25. The lowest BCUT2D eigenvalue weighted by Crippen LogP contribution is -2.31. The van der Waals surface area contributed by atoms with Crippen LogP contribution in [0.5, 0.6) is 0 Å². The van der Waals surface area contributed by atoms with Crippen LogP contribution in [0.25, 0.3) is 0 Å². The van der Waals surface area contributed by atoms with Gasteiger partial charge in [0, 0.05) is 5.92 Å². The zero-order valence-corrected chi connectivity index (χ0v) is 7.25. The number of ketones is 1. The van der Waals surface area contributed by atoms with E-state index < -0.39 is 11.9 Å². The Kier molecular flexibility index (Phi) is 2.84. The maximum Gasteiger partial charge on any atom is 0.307 e. The second-order valence-electron chi connectivity index (χ2n) is 3.45. The average Bonchev–Trinajstić information content (AvgIpc) is 2.04. The molecular weight excluding hydrogens is 156 g/mol. The normalized spacial score (nSPS) is 29.8. The van der Waals surface area contributed by atoms with Gasteiger partial charge in [0.2, 0.25) is 0 Å². The summed E-state index contributed by atoms with van der Waals surface area (Å²) in [7, 11) is 0. The molecule has 2 atom stereocenters. The Labute approximate surface area is 71.8 Å². The van der Waals surface area contributed by atoms with Crippen molar-refractivity contribution < 1.29 is 14.7 Å². The summed E-state index contributed by atoms with van der Waals surface area (Å²) in [6, 6.07) is 0. The molecule has 2 unspecified atom stereocenters. The van der Waals surface area contributed by atoms with Gasteiger partial charge in [0.1, 0.15) is 5.78 Å². The first-order valence-electron chi connectivity index (χ1n) is 4.36. The molecule has 1 rings (SSSR count). The first-order valence-corrected chi connectivity index (χ1v) is 4.36. The van der Waals surface area contributed by atoms with Crippen molar-refractivity contribution in [1.82, 2.24) is 0 Å². The minimum Gasteiger partial charge on any atom is -0.481 e. The van der Waals surface area contributed by atoms with Crippen LogP contribution in [0.3, 0.4) is 0 Å². The van der Waals surface area contributed by atoms with Crippen LogP contribution in [-0.2, 0) is 9.59 Å². The highest BCUT2D eigenvalue weighted by molar-refractivity contribution is 5.84. The van der Waals surface area contributed by atoms with Crippen molar-refractivity contribution in [1.29, 1.82) is 0 Å². The van der Waals surface area contributed by atoms with E-state index in [-0.39, 0.29) is 11.7 Å². The first-order chi connectivity index (χ1) is 5.63. The Balaban J connectivity index is 2.67. The van der Waals surface area contributed by atoms with Crippen LogP contribution in [-0.4, -0.2) is 16.9 Å². The van der Waals surface area contributed by atoms with E-state index in [0.29, 0.717) is 6.42 Å². The van der Waals surface area contributed by atoms with Gasteiger partial charge in [0.25, 0.3) is 0 Å². The highest BCUT2D eigenvalue weighted by Gasteiger charge is 2.33. The smallest absolute Gasteiger partial charge is 0.307 e. The van der Waals surface area contributed by atoms with E-state index >= 15 is 0 Å². The summed E-state index contributed by atoms with van der Waals surface area (Å²) in [5, 5.41) is 8.81. The molecule has 1 N–H and O–H groups in total. The second-order valence-corrected chi connectivity index (χ2v) is 3.45. The zero-order chi connectivity index (χ0) is 9.14. The van der Waals surface area contributed by atoms with Crippen molar-refractivity contribution >= 4 is 11.8 Å². The van der Waals surface area contributed by atoms with Crippen molar-refractivity contribution in [3.8, 4) is 0 Å². The Hall–Kier alpha value is -0.860.